The number of aromatic nitrogens is 4. The third-order valence-electron chi connectivity index (χ3n) is 5.06. The third-order valence-corrected chi connectivity index (χ3v) is 5.80. The summed E-state index contributed by atoms with van der Waals surface area (Å²) in [6, 6.07) is 11.1. The van der Waals surface area contributed by atoms with Crippen LogP contribution in [-0.2, 0) is 6.54 Å². The van der Waals surface area contributed by atoms with Crippen LogP contribution in [0.5, 0.6) is 0 Å². The highest BCUT2D eigenvalue weighted by molar-refractivity contribution is 6.42. The van der Waals surface area contributed by atoms with E-state index < -0.39 is 0 Å². The fraction of sp³-hybridized carbons (Fsp3) is 0.190. The predicted molar refractivity (Wildman–Crippen MR) is 111 cm³/mol. The molecule has 29 heavy (non-hydrogen) atoms. The molecule has 0 aliphatic heterocycles. The minimum Gasteiger partial charge on any atom is -0.265 e. The SMILES string of the molecule is O=c1c2c(cnn2-c2ccc(F)cc2)c(C2CC2)nn1Cc1ccc(Cl)c(Cl)c1. The smallest absolute Gasteiger partial charge is 0.265 e. The average Bonchev–Trinajstić information content (AvgIpc) is 3.45. The van der Waals surface area contributed by atoms with Crippen LogP contribution in [0, 0.1) is 5.82 Å². The molecule has 5 nitrogen and oxygen atoms in total. The Morgan fingerprint density at radius 2 is 1.83 bits per heavy atom. The molecule has 0 spiro atoms. The lowest BCUT2D eigenvalue weighted by molar-refractivity contribution is 0.624. The highest BCUT2D eigenvalue weighted by Gasteiger charge is 2.30. The molecule has 1 aliphatic rings. The largest absolute Gasteiger partial charge is 0.293 e. The van der Waals surface area contributed by atoms with E-state index in [2.05, 4.69) is 10.2 Å². The minimum atomic E-state index is -0.345. The Kier molecular flexibility index (Phi) is 4.41. The molecule has 146 valence electrons. The van der Waals surface area contributed by atoms with Crippen LogP contribution in [0.25, 0.3) is 16.6 Å². The highest BCUT2D eigenvalue weighted by Crippen LogP contribution is 2.41. The molecule has 1 saturated carbocycles. The summed E-state index contributed by atoms with van der Waals surface area (Å²) in [6.45, 7) is 0.264. The second-order valence-corrected chi connectivity index (χ2v) is 7.98. The number of nitrogens with zero attached hydrogens (tertiary/aromatic N) is 4. The molecule has 0 N–H and O–H groups in total. The molecule has 2 aromatic carbocycles. The van der Waals surface area contributed by atoms with E-state index in [4.69, 9.17) is 23.2 Å². The Hall–Kier alpha value is -2.70. The lowest BCUT2D eigenvalue weighted by Gasteiger charge is -2.11. The number of fused-ring (bicyclic) bond motifs is 1. The second kappa shape index (κ2) is 6.97. The lowest BCUT2D eigenvalue weighted by atomic mass is 10.2. The van der Waals surface area contributed by atoms with E-state index >= 15 is 0 Å². The van der Waals surface area contributed by atoms with Gasteiger partial charge in [-0.15, -0.1) is 0 Å². The van der Waals surface area contributed by atoms with Gasteiger partial charge in [0.25, 0.3) is 5.56 Å². The Morgan fingerprint density at radius 1 is 1.07 bits per heavy atom. The van der Waals surface area contributed by atoms with E-state index in [0.717, 1.165) is 29.5 Å². The zero-order chi connectivity index (χ0) is 20.1. The van der Waals surface area contributed by atoms with Crippen LogP contribution in [0.15, 0.2) is 53.5 Å². The molecule has 2 heterocycles. The van der Waals surface area contributed by atoms with E-state index in [9.17, 15) is 9.18 Å². The topological polar surface area (TPSA) is 52.7 Å². The molecule has 8 heteroatoms. The standard InChI is InChI=1S/C21H15Cl2FN4O/c22-17-8-1-12(9-18(17)23)11-27-21(29)20-16(19(26-27)13-2-3-13)10-25-28(20)15-6-4-14(24)5-7-15/h1,4-10,13H,2-3,11H2. The first-order valence-corrected chi connectivity index (χ1v) is 9.95. The predicted octanol–water partition coefficient (Wildman–Crippen LogP) is 4.95. The molecule has 2 aromatic heterocycles. The van der Waals surface area contributed by atoms with Gasteiger partial charge in [-0.05, 0) is 54.8 Å². The first-order chi connectivity index (χ1) is 14.0. The monoisotopic (exact) mass is 428 g/mol. The van der Waals surface area contributed by atoms with Crippen molar-refractivity contribution in [3.8, 4) is 5.69 Å². The highest BCUT2D eigenvalue weighted by atomic mass is 35.5. The Labute approximate surface area is 175 Å². The summed E-state index contributed by atoms with van der Waals surface area (Å²) in [5.41, 5.74) is 2.48. The van der Waals surface area contributed by atoms with Gasteiger partial charge < -0.3 is 0 Å². The van der Waals surface area contributed by atoms with Gasteiger partial charge in [0.05, 0.1) is 34.2 Å². The van der Waals surface area contributed by atoms with Crippen molar-refractivity contribution in [3.63, 3.8) is 0 Å². The van der Waals surface area contributed by atoms with Crippen molar-refractivity contribution in [3.05, 3.63) is 86.1 Å². The maximum atomic E-state index is 13.3. The summed E-state index contributed by atoms with van der Waals surface area (Å²) >= 11 is 12.1. The van der Waals surface area contributed by atoms with Gasteiger partial charge in [-0.1, -0.05) is 29.3 Å². The van der Waals surface area contributed by atoms with Crippen LogP contribution in [0.2, 0.25) is 10.0 Å². The van der Waals surface area contributed by atoms with Crippen molar-refractivity contribution in [2.75, 3.05) is 0 Å². The summed E-state index contributed by atoms with van der Waals surface area (Å²) in [4.78, 5) is 13.3. The first-order valence-electron chi connectivity index (χ1n) is 9.20. The fourth-order valence-electron chi connectivity index (χ4n) is 3.45. The molecule has 0 atom stereocenters. The van der Waals surface area contributed by atoms with Gasteiger partial charge >= 0.3 is 0 Å². The van der Waals surface area contributed by atoms with Crippen molar-refractivity contribution in [1.29, 1.82) is 0 Å². The number of rotatable bonds is 4. The Morgan fingerprint density at radius 3 is 2.52 bits per heavy atom. The number of hydrogen-bond acceptors (Lipinski definition) is 3. The van der Waals surface area contributed by atoms with E-state index in [1.807, 2.05) is 6.07 Å². The summed E-state index contributed by atoms with van der Waals surface area (Å²) < 4.78 is 16.3. The van der Waals surface area contributed by atoms with Gasteiger partial charge in [-0.2, -0.15) is 10.2 Å². The van der Waals surface area contributed by atoms with Crippen molar-refractivity contribution >= 4 is 34.1 Å². The quantitative estimate of drug-likeness (QED) is 0.461. The van der Waals surface area contributed by atoms with Gasteiger partial charge in [-0.3, -0.25) is 4.79 Å². The summed E-state index contributed by atoms with van der Waals surface area (Å²) in [5.74, 6) is -0.0217. The first kappa shape index (κ1) is 18.3. The fourth-order valence-corrected chi connectivity index (χ4v) is 3.77. The molecule has 4 aromatic rings. The van der Waals surface area contributed by atoms with Crippen LogP contribution in [-0.4, -0.2) is 19.6 Å². The molecule has 5 rings (SSSR count). The molecule has 0 amide bonds. The van der Waals surface area contributed by atoms with Crippen LogP contribution >= 0.6 is 23.2 Å². The molecule has 0 unspecified atom stereocenters. The van der Waals surface area contributed by atoms with Crippen molar-refractivity contribution in [2.24, 2.45) is 0 Å². The van der Waals surface area contributed by atoms with Gasteiger partial charge in [0.1, 0.15) is 11.3 Å². The van der Waals surface area contributed by atoms with E-state index in [1.54, 1.807) is 35.1 Å². The van der Waals surface area contributed by atoms with Crippen LogP contribution in [0.4, 0.5) is 4.39 Å². The second-order valence-electron chi connectivity index (χ2n) is 7.17. The normalized spacial score (nSPS) is 13.9. The Bertz CT molecular complexity index is 1290. The van der Waals surface area contributed by atoms with E-state index in [0.29, 0.717) is 27.2 Å². The van der Waals surface area contributed by atoms with Crippen LogP contribution < -0.4 is 5.56 Å². The number of hydrogen-bond donors (Lipinski definition) is 0. The van der Waals surface area contributed by atoms with Crippen molar-refractivity contribution in [1.82, 2.24) is 19.6 Å². The molecule has 1 aliphatic carbocycles. The molecule has 0 saturated heterocycles. The molecular weight excluding hydrogens is 414 g/mol. The minimum absolute atomic E-state index is 0.264. The van der Waals surface area contributed by atoms with Gasteiger partial charge in [-0.25, -0.2) is 13.8 Å². The summed E-state index contributed by atoms with van der Waals surface area (Å²) in [7, 11) is 0. The molecule has 0 bridgehead atoms. The summed E-state index contributed by atoms with van der Waals surface area (Å²) in [6.07, 6.45) is 3.74. The van der Waals surface area contributed by atoms with Crippen molar-refractivity contribution < 1.29 is 4.39 Å². The maximum Gasteiger partial charge on any atom is 0.293 e. The lowest BCUT2D eigenvalue weighted by Crippen LogP contribution is -2.26. The van der Waals surface area contributed by atoms with Crippen LogP contribution in [0.3, 0.4) is 0 Å². The average molecular weight is 429 g/mol. The zero-order valence-corrected chi connectivity index (χ0v) is 16.7. The third kappa shape index (κ3) is 3.32. The molecule has 1 fully saturated rings. The van der Waals surface area contributed by atoms with Crippen LogP contribution in [0.1, 0.15) is 30.0 Å². The maximum absolute atomic E-state index is 13.3. The molecule has 0 radical (unpaired) electrons. The summed E-state index contributed by atoms with van der Waals surface area (Å²) in [5, 5.41) is 10.7. The Balaban J connectivity index is 1.69. The van der Waals surface area contributed by atoms with Crippen molar-refractivity contribution in [2.45, 2.75) is 25.3 Å². The van der Waals surface area contributed by atoms with Gasteiger partial charge in [0.2, 0.25) is 0 Å². The number of halogens is 3. The van der Waals surface area contributed by atoms with E-state index in [-0.39, 0.29) is 17.9 Å². The molecular formula is C21H15Cl2FN4O. The van der Waals surface area contributed by atoms with Gasteiger partial charge in [0.15, 0.2) is 0 Å². The van der Waals surface area contributed by atoms with Gasteiger partial charge in [0, 0.05) is 11.3 Å². The van der Waals surface area contributed by atoms with E-state index in [1.165, 1.54) is 16.8 Å². The zero-order valence-electron chi connectivity index (χ0n) is 15.1. The number of benzene rings is 2.